The molecule has 104 valence electrons. The number of hydrogen-bond acceptors (Lipinski definition) is 4. The zero-order valence-corrected chi connectivity index (χ0v) is 11.2. The van der Waals surface area contributed by atoms with Crippen LogP contribution in [0.4, 0.5) is 11.4 Å². The monoisotopic (exact) mass is 263 g/mol. The molecule has 1 saturated carbocycles. The highest BCUT2D eigenvalue weighted by atomic mass is 16.5. The maximum atomic E-state index is 11.5. The van der Waals surface area contributed by atoms with Crippen molar-refractivity contribution in [1.82, 2.24) is 5.32 Å². The second-order valence-corrected chi connectivity index (χ2v) is 4.67. The van der Waals surface area contributed by atoms with Crippen LogP contribution in [0.2, 0.25) is 0 Å². The topological polar surface area (TPSA) is 76.4 Å². The summed E-state index contributed by atoms with van der Waals surface area (Å²) in [6.45, 7) is 3.07. The Balaban J connectivity index is 1.81. The largest absolute Gasteiger partial charge is 0.492 e. The van der Waals surface area contributed by atoms with E-state index in [0.29, 0.717) is 37.1 Å². The smallest absolute Gasteiger partial charge is 0.221 e. The van der Waals surface area contributed by atoms with Gasteiger partial charge in [0, 0.05) is 19.0 Å². The quantitative estimate of drug-likeness (QED) is 0.655. The van der Waals surface area contributed by atoms with E-state index in [4.69, 9.17) is 10.5 Å². The third-order valence-electron chi connectivity index (χ3n) is 2.98. The van der Waals surface area contributed by atoms with E-state index in [0.717, 1.165) is 18.5 Å². The predicted molar refractivity (Wildman–Crippen MR) is 76.3 cm³/mol. The van der Waals surface area contributed by atoms with E-state index < -0.39 is 0 Å². The molecule has 5 nitrogen and oxygen atoms in total. The molecule has 0 aromatic heterocycles. The van der Waals surface area contributed by atoms with Gasteiger partial charge >= 0.3 is 0 Å². The molecule has 0 bridgehead atoms. The van der Waals surface area contributed by atoms with Gasteiger partial charge in [-0.2, -0.15) is 0 Å². The summed E-state index contributed by atoms with van der Waals surface area (Å²) in [5.74, 6) is 0.768. The number of hydrogen-bond donors (Lipinski definition) is 3. The predicted octanol–water partition coefficient (Wildman–Crippen LogP) is 1.75. The van der Waals surface area contributed by atoms with E-state index in [1.165, 1.54) is 0 Å². The first kappa shape index (κ1) is 13.5. The number of amides is 1. The van der Waals surface area contributed by atoms with Gasteiger partial charge in [0.2, 0.25) is 5.91 Å². The number of nitrogen functional groups attached to an aromatic ring is 1. The van der Waals surface area contributed by atoms with Gasteiger partial charge in [0.25, 0.3) is 0 Å². The van der Waals surface area contributed by atoms with Gasteiger partial charge in [0.15, 0.2) is 0 Å². The molecular weight excluding hydrogens is 242 g/mol. The fraction of sp³-hybridized carbons (Fsp3) is 0.500. The zero-order valence-electron chi connectivity index (χ0n) is 11.2. The Labute approximate surface area is 113 Å². The third kappa shape index (κ3) is 4.05. The number of para-hydroxylation sites is 1. The summed E-state index contributed by atoms with van der Waals surface area (Å²) in [6, 6.07) is 6.02. The third-order valence-corrected chi connectivity index (χ3v) is 2.98. The minimum absolute atomic E-state index is 0.0922. The van der Waals surface area contributed by atoms with Gasteiger partial charge in [-0.05, 0) is 31.9 Å². The molecule has 19 heavy (non-hydrogen) atoms. The van der Waals surface area contributed by atoms with Crippen LogP contribution in [-0.2, 0) is 4.79 Å². The van der Waals surface area contributed by atoms with Gasteiger partial charge in [0.05, 0.1) is 18.0 Å². The van der Waals surface area contributed by atoms with Crippen LogP contribution in [0, 0.1) is 0 Å². The molecule has 1 amide bonds. The highest BCUT2D eigenvalue weighted by Crippen LogP contribution is 2.29. The molecule has 0 spiro atoms. The number of carbonyl (C=O) groups excluding carboxylic acids is 1. The molecule has 1 aliphatic carbocycles. The Bertz CT molecular complexity index is 444. The van der Waals surface area contributed by atoms with Crippen LogP contribution in [0.25, 0.3) is 0 Å². The Morgan fingerprint density at radius 2 is 2.26 bits per heavy atom. The molecule has 5 heteroatoms. The fourth-order valence-corrected chi connectivity index (χ4v) is 1.82. The number of benzene rings is 1. The summed E-state index contributed by atoms with van der Waals surface area (Å²) in [6.07, 6.45) is 2.68. The van der Waals surface area contributed by atoms with Crippen molar-refractivity contribution >= 4 is 17.3 Å². The lowest BCUT2D eigenvalue weighted by molar-refractivity contribution is -0.120. The minimum atomic E-state index is 0.0922. The van der Waals surface area contributed by atoms with E-state index >= 15 is 0 Å². The number of carbonyl (C=O) groups is 1. The molecule has 1 aromatic rings. The molecular formula is C14H21N3O2. The maximum absolute atomic E-state index is 11.5. The van der Waals surface area contributed by atoms with Gasteiger partial charge in [-0.1, -0.05) is 6.07 Å². The highest BCUT2D eigenvalue weighted by molar-refractivity contribution is 5.78. The zero-order chi connectivity index (χ0) is 13.7. The minimum Gasteiger partial charge on any atom is -0.492 e. The molecule has 0 atom stereocenters. The summed E-state index contributed by atoms with van der Waals surface area (Å²) < 4.78 is 5.42. The second-order valence-electron chi connectivity index (χ2n) is 4.67. The Hall–Kier alpha value is -1.91. The summed E-state index contributed by atoms with van der Waals surface area (Å²) in [7, 11) is 0. The lowest BCUT2D eigenvalue weighted by Gasteiger charge is -2.13. The van der Waals surface area contributed by atoms with Gasteiger partial charge in [-0.15, -0.1) is 0 Å². The molecule has 2 rings (SSSR count). The van der Waals surface area contributed by atoms with E-state index in [9.17, 15) is 4.79 Å². The van der Waals surface area contributed by atoms with Crippen molar-refractivity contribution < 1.29 is 9.53 Å². The van der Waals surface area contributed by atoms with Crippen molar-refractivity contribution in [2.24, 2.45) is 0 Å². The van der Waals surface area contributed by atoms with Crippen LogP contribution in [0.1, 0.15) is 26.2 Å². The van der Waals surface area contributed by atoms with E-state index in [1.54, 1.807) is 0 Å². The molecule has 0 aliphatic heterocycles. The SMILES string of the molecule is CCOc1cccc(NCCC(=O)NC2CC2)c1N. The van der Waals surface area contributed by atoms with Crippen LogP contribution < -0.4 is 21.1 Å². The van der Waals surface area contributed by atoms with Crippen LogP contribution in [0.15, 0.2) is 18.2 Å². The van der Waals surface area contributed by atoms with Crippen molar-refractivity contribution in [3.05, 3.63) is 18.2 Å². The summed E-state index contributed by atoms with van der Waals surface area (Å²) >= 11 is 0. The van der Waals surface area contributed by atoms with E-state index in [2.05, 4.69) is 10.6 Å². The van der Waals surface area contributed by atoms with Gasteiger partial charge in [-0.25, -0.2) is 0 Å². The number of nitrogens with two attached hydrogens (primary N) is 1. The normalized spacial score (nSPS) is 13.9. The number of nitrogens with one attached hydrogen (secondary N) is 2. The molecule has 0 heterocycles. The Kier molecular flexibility index (Phi) is 4.49. The van der Waals surface area contributed by atoms with Crippen molar-refractivity contribution in [1.29, 1.82) is 0 Å². The molecule has 1 aromatic carbocycles. The summed E-state index contributed by atoms with van der Waals surface area (Å²) in [5.41, 5.74) is 7.39. The van der Waals surface area contributed by atoms with E-state index in [1.807, 2.05) is 25.1 Å². The first-order chi connectivity index (χ1) is 9.20. The molecule has 1 fully saturated rings. The van der Waals surface area contributed by atoms with Crippen molar-refractivity contribution in [3.8, 4) is 5.75 Å². The van der Waals surface area contributed by atoms with Gasteiger partial charge in [0.1, 0.15) is 5.75 Å². The van der Waals surface area contributed by atoms with Crippen LogP contribution in [0.3, 0.4) is 0 Å². The number of ether oxygens (including phenoxy) is 1. The van der Waals surface area contributed by atoms with Crippen molar-refractivity contribution in [3.63, 3.8) is 0 Å². The van der Waals surface area contributed by atoms with Crippen molar-refractivity contribution in [2.45, 2.75) is 32.2 Å². The lowest BCUT2D eigenvalue weighted by atomic mass is 10.2. The lowest BCUT2D eigenvalue weighted by Crippen LogP contribution is -2.27. The first-order valence-electron chi connectivity index (χ1n) is 6.75. The molecule has 0 unspecified atom stereocenters. The van der Waals surface area contributed by atoms with Crippen molar-refractivity contribution in [2.75, 3.05) is 24.2 Å². The fourth-order valence-electron chi connectivity index (χ4n) is 1.82. The molecule has 1 aliphatic rings. The molecule has 4 N–H and O–H groups in total. The summed E-state index contributed by atoms with van der Waals surface area (Å²) in [5, 5.41) is 6.12. The second kappa shape index (κ2) is 6.31. The average molecular weight is 263 g/mol. The maximum Gasteiger partial charge on any atom is 0.221 e. The first-order valence-corrected chi connectivity index (χ1v) is 6.75. The summed E-state index contributed by atoms with van der Waals surface area (Å²) in [4.78, 5) is 11.5. The molecule has 0 radical (unpaired) electrons. The van der Waals surface area contributed by atoms with Crippen LogP contribution in [-0.4, -0.2) is 25.1 Å². The standard InChI is InChI=1S/C14H21N3O2/c1-2-19-12-5-3-4-11(14(12)15)16-9-8-13(18)17-10-6-7-10/h3-5,10,16H,2,6-9,15H2,1H3,(H,17,18). The highest BCUT2D eigenvalue weighted by Gasteiger charge is 2.22. The Morgan fingerprint density at radius 3 is 2.95 bits per heavy atom. The van der Waals surface area contributed by atoms with E-state index in [-0.39, 0.29) is 5.91 Å². The Morgan fingerprint density at radius 1 is 1.47 bits per heavy atom. The van der Waals surface area contributed by atoms with Gasteiger partial charge < -0.3 is 21.1 Å². The van der Waals surface area contributed by atoms with Crippen LogP contribution in [0.5, 0.6) is 5.75 Å². The van der Waals surface area contributed by atoms with Crippen LogP contribution >= 0.6 is 0 Å². The number of rotatable bonds is 7. The number of anilines is 2. The average Bonchev–Trinajstić information content (AvgIpc) is 3.18. The molecule has 0 saturated heterocycles. The van der Waals surface area contributed by atoms with Gasteiger partial charge in [-0.3, -0.25) is 4.79 Å².